The summed E-state index contributed by atoms with van der Waals surface area (Å²) in [5.74, 6) is -0.0917. The molecule has 0 aromatic carbocycles. The van der Waals surface area contributed by atoms with E-state index in [1.54, 1.807) is 6.26 Å². The number of nitrogens with one attached hydrogen (secondary N) is 1. The lowest BCUT2D eigenvalue weighted by Crippen LogP contribution is -2.65. The van der Waals surface area contributed by atoms with Crippen LogP contribution in [0, 0.1) is 0 Å². The highest BCUT2D eigenvalue weighted by molar-refractivity contribution is 6.02. The van der Waals surface area contributed by atoms with Gasteiger partial charge in [-0.3, -0.25) is 9.59 Å². The molecule has 0 radical (unpaired) electrons. The van der Waals surface area contributed by atoms with Crippen molar-refractivity contribution in [2.24, 2.45) is 0 Å². The number of furan rings is 1. The first kappa shape index (κ1) is 21.6. The molecule has 2 aromatic rings. The molecule has 5 rings (SSSR count). The van der Waals surface area contributed by atoms with Crippen LogP contribution < -0.4 is 5.32 Å². The molecule has 2 aromatic heterocycles. The average Bonchev–Trinajstić information content (AvgIpc) is 3.48. The molecule has 2 aliphatic heterocycles. The highest BCUT2D eigenvalue weighted by atomic mass is 16.3. The molecule has 2 amide bonds. The minimum Gasteiger partial charge on any atom is -0.463 e. The highest BCUT2D eigenvalue weighted by Gasteiger charge is 2.48. The summed E-state index contributed by atoms with van der Waals surface area (Å²) < 4.78 is 7.55. The van der Waals surface area contributed by atoms with Gasteiger partial charge in [-0.1, -0.05) is 32.1 Å². The van der Waals surface area contributed by atoms with Crippen LogP contribution in [-0.2, 0) is 11.3 Å². The van der Waals surface area contributed by atoms with E-state index in [0.717, 1.165) is 50.8 Å². The number of rotatable bonds is 5. The van der Waals surface area contributed by atoms with E-state index in [1.165, 1.54) is 32.1 Å². The zero-order valence-corrected chi connectivity index (χ0v) is 19.3. The van der Waals surface area contributed by atoms with Gasteiger partial charge in [0.15, 0.2) is 5.58 Å². The van der Waals surface area contributed by atoms with E-state index in [1.807, 2.05) is 28.5 Å². The number of nitrogens with zero attached hydrogens (tertiary/aromatic N) is 3. The molecule has 1 atom stereocenters. The summed E-state index contributed by atoms with van der Waals surface area (Å²) in [4.78, 5) is 31.7. The topological polar surface area (TPSA) is 70.7 Å². The fourth-order valence-corrected chi connectivity index (χ4v) is 5.81. The number of carbonyl (C=O) groups is 2. The number of amides is 2. The average molecular weight is 441 g/mol. The van der Waals surface area contributed by atoms with Gasteiger partial charge in [0.25, 0.3) is 5.91 Å². The van der Waals surface area contributed by atoms with Crippen molar-refractivity contribution in [1.82, 2.24) is 19.7 Å². The second kappa shape index (κ2) is 8.93. The monoisotopic (exact) mass is 440 g/mol. The summed E-state index contributed by atoms with van der Waals surface area (Å²) in [7, 11) is 0. The maximum absolute atomic E-state index is 13.8. The van der Waals surface area contributed by atoms with Crippen LogP contribution in [0.3, 0.4) is 0 Å². The van der Waals surface area contributed by atoms with Gasteiger partial charge in [-0.2, -0.15) is 0 Å². The van der Waals surface area contributed by atoms with E-state index in [9.17, 15) is 9.59 Å². The van der Waals surface area contributed by atoms with E-state index in [0.29, 0.717) is 24.4 Å². The Morgan fingerprint density at radius 1 is 1.09 bits per heavy atom. The number of likely N-dealkylation sites (tertiary alicyclic amines) is 1. The van der Waals surface area contributed by atoms with Gasteiger partial charge in [0.05, 0.1) is 18.3 Å². The highest BCUT2D eigenvalue weighted by Crippen LogP contribution is 2.33. The van der Waals surface area contributed by atoms with Crippen molar-refractivity contribution in [1.29, 1.82) is 0 Å². The zero-order valence-electron chi connectivity index (χ0n) is 19.3. The molecule has 1 unspecified atom stereocenters. The molecule has 1 saturated carbocycles. The molecule has 1 aliphatic carbocycles. The Kier molecular flexibility index (Phi) is 6.01. The largest absolute Gasteiger partial charge is 0.463 e. The molecule has 4 heterocycles. The summed E-state index contributed by atoms with van der Waals surface area (Å²) in [6, 6.07) is 3.92. The van der Waals surface area contributed by atoms with Crippen LogP contribution in [0.4, 0.5) is 0 Å². The molecule has 32 heavy (non-hydrogen) atoms. The minimum absolute atomic E-state index is 0.0196. The van der Waals surface area contributed by atoms with Gasteiger partial charge >= 0.3 is 0 Å². The minimum atomic E-state index is -0.921. The van der Waals surface area contributed by atoms with Crippen molar-refractivity contribution in [3.05, 3.63) is 24.1 Å². The SMILES string of the molecule is CC1(C(=O)NC2CCCCCCC2)Cn2c(cc3occc32)C(=O)N1CCN1CCCC1. The molecule has 174 valence electrons. The zero-order chi connectivity index (χ0) is 22.1. The molecule has 0 bridgehead atoms. The van der Waals surface area contributed by atoms with Crippen LogP contribution in [0.5, 0.6) is 0 Å². The first-order chi connectivity index (χ1) is 15.6. The fourth-order valence-electron chi connectivity index (χ4n) is 5.81. The molecular formula is C25H36N4O3. The van der Waals surface area contributed by atoms with E-state index in [-0.39, 0.29) is 17.9 Å². The van der Waals surface area contributed by atoms with E-state index < -0.39 is 5.54 Å². The number of fused-ring (bicyclic) bond motifs is 3. The van der Waals surface area contributed by atoms with Crippen molar-refractivity contribution >= 4 is 22.9 Å². The standard InChI is InChI=1S/C25H36N4O3/c1-25(24(31)26-19-9-5-3-2-4-6-10-19)18-28-20-11-16-32-22(20)17-21(28)23(30)29(25)15-14-27-12-7-8-13-27/h11,16-17,19H,2-10,12-15,18H2,1H3,(H,26,31). The van der Waals surface area contributed by atoms with Crippen LogP contribution >= 0.6 is 0 Å². The number of carbonyl (C=O) groups excluding carboxylic acids is 2. The Morgan fingerprint density at radius 2 is 1.81 bits per heavy atom. The van der Waals surface area contributed by atoms with Crippen LogP contribution in [0.2, 0.25) is 0 Å². The van der Waals surface area contributed by atoms with Crippen molar-refractivity contribution in [3.63, 3.8) is 0 Å². The Morgan fingerprint density at radius 3 is 2.56 bits per heavy atom. The van der Waals surface area contributed by atoms with E-state index >= 15 is 0 Å². The normalized spacial score (nSPS) is 25.7. The molecule has 1 N–H and O–H groups in total. The van der Waals surface area contributed by atoms with Gasteiger partial charge in [-0.05, 0) is 45.7 Å². The van der Waals surface area contributed by atoms with Crippen molar-refractivity contribution in [2.75, 3.05) is 26.2 Å². The van der Waals surface area contributed by atoms with Crippen molar-refractivity contribution in [3.8, 4) is 0 Å². The lowest BCUT2D eigenvalue weighted by Gasteiger charge is -2.45. The summed E-state index contributed by atoms with van der Waals surface area (Å²) >= 11 is 0. The van der Waals surface area contributed by atoms with Crippen LogP contribution in [0.15, 0.2) is 22.8 Å². The quantitative estimate of drug-likeness (QED) is 0.768. The molecule has 1 saturated heterocycles. The number of hydrogen-bond donors (Lipinski definition) is 1. The van der Waals surface area contributed by atoms with E-state index in [2.05, 4.69) is 10.2 Å². The molecule has 7 heteroatoms. The maximum Gasteiger partial charge on any atom is 0.271 e. The summed E-state index contributed by atoms with van der Waals surface area (Å²) in [6.45, 7) is 5.94. The third-order valence-electron chi connectivity index (χ3n) is 7.82. The van der Waals surface area contributed by atoms with Crippen LogP contribution in [0.25, 0.3) is 11.1 Å². The number of hydrogen-bond acceptors (Lipinski definition) is 4. The smallest absolute Gasteiger partial charge is 0.271 e. The summed E-state index contributed by atoms with van der Waals surface area (Å²) in [5.41, 5.74) is 1.29. The molecule has 2 fully saturated rings. The van der Waals surface area contributed by atoms with Crippen LogP contribution in [-0.4, -0.2) is 63.9 Å². The van der Waals surface area contributed by atoms with Gasteiger partial charge in [0, 0.05) is 31.3 Å². The molecule has 3 aliphatic rings. The summed E-state index contributed by atoms with van der Waals surface area (Å²) in [6.07, 6.45) is 12.3. The van der Waals surface area contributed by atoms with Crippen molar-refractivity contribution in [2.45, 2.75) is 82.8 Å². The predicted molar refractivity (Wildman–Crippen MR) is 124 cm³/mol. The van der Waals surface area contributed by atoms with Crippen LogP contribution in [0.1, 0.15) is 75.2 Å². The third kappa shape index (κ3) is 3.96. The summed E-state index contributed by atoms with van der Waals surface area (Å²) in [5, 5.41) is 3.36. The number of aromatic nitrogens is 1. The first-order valence-electron chi connectivity index (χ1n) is 12.5. The predicted octanol–water partition coefficient (Wildman–Crippen LogP) is 3.77. The lowest BCUT2D eigenvalue weighted by molar-refractivity contribution is -0.133. The molecule has 7 nitrogen and oxygen atoms in total. The Bertz CT molecular complexity index is 965. The van der Waals surface area contributed by atoms with Gasteiger partial charge in [0.1, 0.15) is 11.2 Å². The molecular weight excluding hydrogens is 404 g/mol. The van der Waals surface area contributed by atoms with E-state index in [4.69, 9.17) is 4.42 Å². The first-order valence-corrected chi connectivity index (χ1v) is 12.5. The second-order valence-corrected chi connectivity index (χ2v) is 10.1. The van der Waals surface area contributed by atoms with Crippen molar-refractivity contribution < 1.29 is 14.0 Å². The fraction of sp³-hybridized carbons (Fsp3) is 0.680. The molecule has 0 spiro atoms. The van der Waals surface area contributed by atoms with Gasteiger partial charge in [-0.15, -0.1) is 0 Å². The second-order valence-electron chi connectivity index (χ2n) is 10.1. The third-order valence-corrected chi connectivity index (χ3v) is 7.82. The lowest BCUT2D eigenvalue weighted by atomic mass is 9.92. The van der Waals surface area contributed by atoms with Gasteiger partial charge in [-0.25, -0.2) is 0 Å². The van der Waals surface area contributed by atoms with Gasteiger partial charge in [0.2, 0.25) is 5.91 Å². The maximum atomic E-state index is 13.8. The Labute approximate surface area is 190 Å². The Balaban J connectivity index is 1.42. The Hall–Kier alpha value is -2.28. The van der Waals surface area contributed by atoms with Gasteiger partial charge < -0.3 is 24.1 Å².